The Labute approximate surface area is 95.6 Å². The molecule has 0 aromatic carbocycles. The Bertz CT molecular complexity index is 203. The predicted molar refractivity (Wildman–Crippen MR) is 59.0 cm³/mol. The molecular weight excluding hydrogens is 215 g/mol. The summed E-state index contributed by atoms with van der Waals surface area (Å²) in [6.45, 7) is 2.04. The molecule has 1 rings (SSSR count). The molecule has 1 nitrogen and oxygen atoms in total. The van der Waals surface area contributed by atoms with Crippen LogP contribution in [0.1, 0.15) is 51.9 Å². The topological polar surface area (TPSA) is 26.0 Å². The summed E-state index contributed by atoms with van der Waals surface area (Å²) in [5, 5.41) is 0. The van der Waals surface area contributed by atoms with Gasteiger partial charge in [0, 0.05) is 6.04 Å². The summed E-state index contributed by atoms with van der Waals surface area (Å²) in [7, 11) is 0. The Morgan fingerprint density at radius 2 is 1.88 bits per heavy atom. The van der Waals surface area contributed by atoms with Gasteiger partial charge in [0.2, 0.25) is 0 Å². The fourth-order valence-corrected chi connectivity index (χ4v) is 2.73. The van der Waals surface area contributed by atoms with Gasteiger partial charge < -0.3 is 5.73 Å². The number of rotatable bonds is 4. The molecule has 0 aromatic heterocycles. The lowest BCUT2D eigenvalue weighted by Gasteiger charge is -2.36. The van der Waals surface area contributed by atoms with Crippen molar-refractivity contribution in [2.75, 3.05) is 0 Å². The zero-order valence-electron chi connectivity index (χ0n) is 9.89. The van der Waals surface area contributed by atoms with Crippen molar-refractivity contribution in [1.29, 1.82) is 0 Å². The number of hydrogen-bond acceptors (Lipinski definition) is 1. The molecule has 0 aliphatic heterocycles. The van der Waals surface area contributed by atoms with E-state index in [1.807, 2.05) is 6.92 Å². The number of hydrogen-bond donors (Lipinski definition) is 1. The lowest BCUT2D eigenvalue weighted by molar-refractivity contribution is -0.198. The highest BCUT2D eigenvalue weighted by Gasteiger charge is 2.46. The van der Waals surface area contributed by atoms with E-state index in [1.165, 1.54) is 0 Å². The van der Waals surface area contributed by atoms with E-state index in [2.05, 4.69) is 0 Å². The lowest BCUT2D eigenvalue weighted by Crippen LogP contribution is -2.43. The molecule has 4 heteroatoms. The van der Waals surface area contributed by atoms with Crippen LogP contribution < -0.4 is 5.73 Å². The molecule has 0 aromatic rings. The Morgan fingerprint density at radius 1 is 1.25 bits per heavy atom. The van der Waals surface area contributed by atoms with Crippen LogP contribution in [0.3, 0.4) is 0 Å². The fourth-order valence-electron chi connectivity index (χ4n) is 2.73. The highest BCUT2D eigenvalue weighted by atomic mass is 19.4. The number of alkyl halides is 3. The van der Waals surface area contributed by atoms with Gasteiger partial charge >= 0.3 is 6.18 Å². The molecule has 16 heavy (non-hydrogen) atoms. The van der Waals surface area contributed by atoms with E-state index in [1.54, 1.807) is 0 Å². The molecule has 1 saturated carbocycles. The van der Waals surface area contributed by atoms with Gasteiger partial charge in [0.15, 0.2) is 0 Å². The van der Waals surface area contributed by atoms with Gasteiger partial charge in [0.1, 0.15) is 0 Å². The molecule has 0 amide bonds. The van der Waals surface area contributed by atoms with Crippen molar-refractivity contribution in [2.45, 2.75) is 64.1 Å². The van der Waals surface area contributed by atoms with E-state index in [9.17, 15) is 13.2 Å². The molecule has 0 saturated heterocycles. The van der Waals surface area contributed by atoms with Gasteiger partial charge in [0.25, 0.3) is 0 Å². The Kier molecular flexibility index (Phi) is 5.09. The standard InChI is InChI=1S/C12H22F3N/c1-2-3-8-11(16)9-6-4-5-7-10(9)12(13,14)15/h9-11H,2-8,16H2,1H3. The van der Waals surface area contributed by atoms with Gasteiger partial charge in [-0.3, -0.25) is 0 Å². The molecule has 1 fully saturated rings. The predicted octanol–water partition coefficient (Wildman–Crippen LogP) is 3.87. The van der Waals surface area contributed by atoms with Crippen LogP contribution in [0.15, 0.2) is 0 Å². The molecule has 0 spiro atoms. The second kappa shape index (κ2) is 5.89. The van der Waals surface area contributed by atoms with Crippen molar-refractivity contribution in [3.63, 3.8) is 0 Å². The van der Waals surface area contributed by atoms with E-state index in [-0.39, 0.29) is 18.4 Å². The van der Waals surface area contributed by atoms with Gasteiger partial charge in [-0.15, -0.1) is 0 Å². The van der Waals surface area contributed by atoms with Gasteiger partial charge in [-0.25, -0.2) is 0 Å². The van der Waals surface area contributed by atoms with Gasteiger partial charge in [0.05, 0.1) is 5.92 Å². The molecule has 3 unspecified atom stereocenters. The minimum absolute atomic E-state index is 0.271. The summed E-state index contributed by atoms with van der Waals surface area (Å²) >= 11 is 0. The minimum atomic E-state index is -4.06. The fraction of sp³-hybridized carbons (Fsp3) is 1.00. The first-order valence-corrected chi connectivity index (χ1v) is 6.29. The quantitative estimate of drug-likeness (QED) is 0.789. The first kappa shape index (κ1) is 13.8. The van der Waals surface area contributed by atoms with Crippen molar-refractivity contribution < 1.29 is 13.2 Å². The van der Waals surface area contributed by atoms with Crippen molar-refractivity contribution in [3.05, 3.63) is 0 Å². The summed E-state index contributed by atoms with van der Waals surface area (Å²) in [6, 6.07) is -0.271. The van der Waals surface area contributed by atoms with Crippen molar-refractivity contribution in [3.8, 4) is 0 Å². The van der Waals surface area contributed by atoms with Gasteiger partial charge in [-0.1, -0.05) is 32.6 Å². The average Bonchev–Trinajstić information content (AvgIpc) is 2.24. The molecule has 2 N–H and O–H groups in total. The molecule has 0 radical (unpaired) electrons. The first-order valence-electron chi connectivity index (χ1n) is 6.29. The SMILES string of the molecule is CCCCC(N)C1CCCCC1C(F)(F)F. The highest BCUT2D eigenvalue weighted by molar-refractivity contribution is 4.86. The Morgan fingerprint density at radius 3 is 2.44 bits per heavy atom. The third-order valence-electron chi connectivity index (χ3n) is 3.68. The monoisotopic (exact) mass is 237 g/mol. The zero-order chi connectivity index (χ0) is 12.2. The summed E-state index contributed by atoms with van der Waals surface area (Å²) < 4.78 is 38.5. The first-order chi connectivity index (χ1) is 7.46. The Hall–Kier alpha value is -0.250. The summed E-state index contributed by atoms with van der Waals surface area (Å²) in [6.07, 6.45) is 1.11. The summed E-state index contributed by atoms with van der Waals surface area (Å²) in [5.41, 5.74) is 5.92. The van der Waals surface area contributed by atoms with Gasteiger partial charge in [-0.2, -0.15) is 13.2 Å². The molecule has 3 atom stereocenters. The summed E-state index contributed by atoms with van der Waals surface area (Å²) in [5.74, 6) is -1.51. The second-order valence-corrected chi connectivity index (χ2v) is 4.90. The molecule has 1 aliphatic rings. The second-order valence-electron chi connectivity index (χ2n) is 4.90. The lowest BCUT2D eigenvalue weighted by atomic mass is 9.74. The van der Waals surface area contributed by atoms with Crippen LogP contribution in [0.4, 0.5) is 13.2 Å². The summed E-state index contributed by atoms with van der Waals surface area (Å²) in [4.78, 5) is 0. The maximum absolute atomic E-state index is 12.8. The van der Waals surface area contributed by atoms with Crippen LogP contribution in [0.25, 0.3) is 0 Å². The van der Waals surface area contributed by atoms with E-state index in [4.69, 9.17) is 5.73 Å². The smallest absolute Gasteiger partial charge is 0.327 e. The van der Waals surface area contributed by atoms with Gasteiger partial charge in [-0.05, 0) is 25.2 Å². The molecule has 1 aliphatic carbocycles. The molecule has 0 heterocycles. The maximum atomic E-state index is 12.8. The number of halogens is 3. The van der Waals surface area contributed by atoms with Crippen LogP contribution in [-0.2, 0) is 0 Å². The van der Waals surface area contributed by atoms with Crippen LogP contribution in [0, 0.1) is 11.8 Å². The normalized spacial score (nSPS) is 29.1. The molecule has 96 valence electrons. The molecule has 0 bridgehead atoms. The minimum Gasteiger partial charge on any atom is -0.327 e. The zero-order valence-corrected chi connectivity index (χ0v) is 9.89. The van der Waals surface area contributed by atoms with E-state index < -0.39 is 12.1 Å². The van der Waals surface area contributed by atoms with E-state index in [0.717, 1.165) is 25.7 Å². The number of nitrogens with two attached hydrogens (primary N) is 1. The average molecular weight is 237 g/mol. The Balaban J connectivity index is 2.59. The molecular formula is C12H22F3N. The largest absolute Gasteiger partial charge is 0.392 e. The van der Waals surface area contributed by atoms with E-state index >= 15 is 0 Å². The number of unbranched alkanes of at least 4 members (excludes halogenated alkanes) is 1. The van der Waals surface area contributed by atoms with Crippen molar-refractivity contribution in [2.24, 2.45) is 17.6 Å². The highest BCUT2D eigenvalue weighted by Crippen LogP contribution is 2.43. The van der Waals surface area contributed by atoms with Crippen molar-refractivity contribution in [1.82, 2.24) is 0 Å². The third kappa shape index (κ3) is 3.65. The maximum Gasteiger partial charge on any atom is 0.392 e. The third-order valence-corrected chi connectivity index (χ3v) is 3.68. The van der Waals surface area contributed by atoms with E-state index in [0.29, 0.717) is 12.8 Å². The van der Waals surface area contributed by atoms with Crippen LogP contribution >= 0.6 is 0 Å². The van der Waals surface area contributed by atoms with Crippen molar-refractivity contribution >= 4 is 0 Å². The van der Waals surface area contributed by atoms with Crippen LogP contribution in [0.5, 0.6) is 0 Å². The van der Waals surface area contributed by atoms with Crippen LogP contribution in [0.2, 0.25) is 0 Å². The van der Waals surface area contributed by atoms with Crippen LogP contribution in [-0.4, -0.2) is 12.2 Å².